The molecule has 4 nitrogen and oxygen atoms in total. The Morgan fingerprint density at radius 3 is 2.42 bits per heavy atom. The van der Waals surface area contributed by atoms with Gasteiger partial charge in [0.1, 0.15) is 0 Å². The van der Waals surface area contributed by atoms with E-state index >= 15 is 0 Å². The van der Waals surface area contributed by atoms with Crippen LogP contribution in [0.2, 0.25) is 5.02 Å². The molecule has 2 rings (SSSR count). The Balaban J connectivity index is 1.90. The number of benzene rings is 2. The van der Waals surface area contributed by atoms with E-state index in [9.17, 15) is 22.8 Å². The van der Waals surface area contributed by atoms with Crippen molar-refractivity contribution < 1.29 is 27.5 Å². The first-order chi connectivity index (χ1) is 12.2. The van der Waals surface area contributed by atoms with Crippen molar-refractivity contribution in [1.29, 1.82) is 0 Å². The van der Waals surface area contributed by atoms with Crippen molar-refractivity contribution in [3.8, 4) is 0 Å². The summed E-state index contributed by atoms with van der Waals surface area (Å²) in [7, 11) is 0. The fourth-order valence-electron chi connectivity index (χ4n) is 2.15. The zero-order chi connectivity index (χ0) is 19.3. The summed E-state index contributed by atoms with van der Waals surface area (Å²) in [4.78, 5) is 23.7. The summed E-state index contributed by atoms with van der Waals surface area (Å²) in [6.45, 7) is 1.13. The minimum absolute atomic E-state index is 0.279. The smallest absolute Gasteiger partial charge is 0.416 e. The maximum Gasteiger partial charge on any atom is 0.416 e. The lowest BCUT2D eigenvalue weighted by Crippen LogP contribution is -2.31. The molecule has 2 aromatic carbocycles. The number of amides is 1. The SMILES string of the molecule is C[C@H](NC(=O)COC(=O)c1cccc(C(F)(F)F)c1)c1ccc(Cl)cc1. The van der Waals surface area contributed by atoms with Gasteiger partial charge in [-0.2, -0.15) is 13.2 Å². The van der Waals surface area contributed by atoms with E-state index in [0.717, 1.165) is 17.7 Å². The van der Waals surface area contributed by atoms with Crippen LogP contribution in [0.3, 0.4) is 0 Å². The lowest BCUT2D eigenvalue weighted by Gasteiger charge is -2.14. The molecule has 0 bridgehead atoms. The van der Waals surface area contributed by atoms with Crippen molar-refractivity contribution >= 4 is 23.5 Å². The molecule has 0 aliphatic carbocycles. The minimum atomic E-state index is -4.57. The number of nitrogens with one attached hydrogen (secondary N) is 1. The second kappa shape index (κ2) is 8.23. The first-order valence-corrected chi connectivity index (χ1v) is 7.94. The van der Waals surface area contributed by atoms with Crippen LogP contribution in [0.25, 0.3) is 0 Å². The quantitative estimate of drug-likeness (QED) is 0.776. The summed E-state index contributed by atoms with van der Waals surface area (Å²) < 4.78 is 42.7. The van der Waals surface area contributed by atoms with Crippen LogP contribution in [0.4, 0.5) is 13.2 Å². The van der Waals surface area contributed by atoms with Gasteiger partial charge in [0.05, 0.1) is 17.2 Å². The highest BCUT2D eigenvalue weighted by molar-refractivity contribution is 6.30. The Morgan fingerprint density at radius 2 is 1.81 bits per heavy atom. The van der Waals surface area contributed by atoms with E-state index in [4.69, 9.17) is 16.3 Å². The molecule has 0 unspecified atom stereocenters. The number of carbonyl (C=O) groups excluding carboxylic acids is 2. The molecule has 0 fully saturated rings. The predicted octanol–water partition coefficient (Wildman–Crippen LogP) is 4.39. The van der Waals surface area contributed by atoms with Crippen LogP contribution in [-0.2, 0) is 15.7 Å². The molecule has 1 amide bonds. The van der Waals surface area contributed by atoms with Gasteiger partial charge in [0, 0.05) is 5.02 Å². The van der Waals surface area contributed by atoms with E-state index < -0.39 is 30.2 Å². The van der Waals surface area contributed by atoms with E-state index in [0.29, 0.717) is 11.1 Å². The molecule has 138 valence electrons. The zero-order valence-electron chi connectivity index (χ0n) is 13.6. The van der Waals surface area contributed by atoms with Crippen molar-refractivity contribution in [3.63, 3.8) is 0 Å². The maximum atomic E-state index is 12.7. The first-order valence-electron chi connectivity index (χ1n) is 7.56. The Labute approximate surface area is 152 Å². The van der Waals surface area contributed by atoms with Gasteiger partial charge in [-0.15, -0.1) is 0 Å². The fourth-order valence-corrected chi connectivity index (χ4v) is 2.28. The molecule has 0 spiro atoms. The van der Waals surface area contributed by atoms with Crippen molar-refractivity contribution in [2.75, 3.05) is 6.61 Å². The number of rotatable bonds is 5. The van der Waals surface area contributed by atoms with Crippen LogP contribution in [0.15, 0.2) is 48.5 Å². The standard InChI is InChI=1S/C18H15ClF3NO3/c1-11(12-5-7-15(19)8-6-12)23-16(24)10-26-17(25)13-3-2-4-14(9-13)18(20,21)22/h2-9,11H,10H2,1H3,(H,23,24)/t11-/m0/s1. The molecular weight excluding hydrogens is 371 g/mol. The Morgan fingerprint density at radius 1 is 1.15 bits per heavy atom. The van der Waals surface area contributed by atoms with Crippen LogP contribution in [-0.4, -0.2) is 18.5 Å². The summed E-state index contributed by atoms with van der Waals surface area (Å²) in [6, 6.07) is 10.3. The van der Waals surface area contributed by atoms with Gasteiger partial charge in [-0.1, -0.05) is 29.8 Å². The van der Waals surface area contributed by atoms with Gasteiger partial charge in [0.2, 0.25) is 0 Å². The van der Waals surface area contributed by atoms with Gasteiger partial charge >= 0.3 is 12.1 Å². The van der Waals surface area contributed by atoms with E-state index in [1.807, 2.05) is 0 Å². The number of hydrogen-bond acceptors (Lipinski definition) is 3. The molecule has 26 heavy (non-hydrogen) atoms. The number of carbonyl (C=O) groups is 2. The molecule has 0 aliphatic heterocycles. The van der Waals surface area contributed by atoms with Gasteiger partial charge in [-0.3, -0.25) is 4.79 Å². The summed E-state index contributed by atoms with van der Waals surface area (Å²) in [5.41, 5.74) is -0.446. The van der Waals surface area contributed by atoms with E-state index in [1.54, 1.807) is 31.2 Å². The highest BCUT2D eigenvalue weighted by atomic mass is 35.5. The lowest BCUT2D eigenvalue weighted by molar-refractivity contribution is -0.137. The molecular formula is C18H15ClF3NO3. The van der Waals surface area contributed by atoms with Gasteiger partial charge in [0.25, 0.3) is 5.91 Å². The Bertz CT molecular complexity index is 791. The van der Waals surface area contributed by atoms with Crippen LogP contribution in [0, 0.1) is 0 Å². The summed E-state index contributed by atoms with van der Waals surface area (Å²) >= 11 is 5.79. The van der Waals surface area contributed by atoms with Crippen LogP contribution in [0.1, 0.15) is 34.5 Å². The minimum Gasteiger partial charge on any atom is -0.452 e. The van der Waals surface area contributed by atoms with Gasteiger partial charge in [-0.25, -0.2) is 4.79 Å². The van der Waals surface area contributed by atoms with Crippen LogP contribution < -0.4 is 5.32 Å². The molecule has 2 aromatic rings. The van der Waals surface area contributed by atoms with Gasteiger partial charge in [0.15, 0.2) is 6.61 Å². The topological polar surface area (TPSA) is 55.4 Å². The molecule has 0 saturated heterocycles. The molecule has 8 heteroatoms. The number of alkyl halides is 3. The summed E-state index contributed by atoms with van der Waals surface area (Å²) in [5, 5.41) is 3.18. The third kappa shape index (κ3) is 5.49. The van der Waals surface area contributed by atoms with Gasteiger partial charge in [-0.05, 0) is 42.8 Å². The average Bonchev–Trinajstić information content (AvgIpc) is 2.59. The largest absolute Gasteiger partial charge is 0.452 e. The molecule has 0 heterocycles. The van der Waals surface area contributed by atoms with Crippen LogP contribution >= 0.6 is 11.6 Å². The molecule has 1 N–H and O–H groups in total. The van der Waals surface area contributed by atoms with Crippen molar-refractivity contribution in [2.45, 2.75) is 19.1 Å². The fraction of sp³-hybridized carbons (Fsp3) is 0.222. The summed E-state index contributed by atoms with van der Waals surface area (Å²) in [6.07, 6.45) is -4.57. The highest BCUT2D eigenvalue weighted by Gasteiger charge is 2.31. The highest BCUT2D eigenvalue weighted by Crippen LogP contribution is 2.29. The Kier molecular flexibility index (Phi) is 6.26. The molecule has 1 atom stereocenters. The van der Waals surface area contributed by atoms with E-state index in [2.05, 4.69) is 5.32 Å². The zero-order valence-corrected chi connectivity index (χ0v) is 14.4. The third-order valence-electron chi connectivity index (χ3n) is 3.51. The van der Waals surface area contributed by atoms with E-state index in [1.165, 1.54) is 6.07 Å². The molecule has 0 aliphatic rings. The second-order valence-electron chi connectivity index (χ2n) is 5.50. The average molecular weight is 386 g/mol. The molecule has 0 saturated carbocycles. The van der Waals surface area contributed by atoms with Gasteiger partial charge < -0.3 is 10.1 Å². The van der Waals surface area contributed by atoms with Crippen molar-refractivity contribution in [3.05, 3.63) is 70.2 Å². The normalized spacial score (nSPS) is 12.3. The monoisotopic (exact) mass is 385 g/mol. The Hall–Kier alpha value is -2.54. The van der Waals surface area contributed by atoms with Crippen LogP contribution in [0.5, 0.6) is 0 Å². The number of ether oxygens (including phenoxy) is 1. The lowest BCUT2D eigenvalue weighted by atomic mass is 10.1. The number of hydrogen-bond donors (Lipinski definition) is 1. The first kappa shape index (κ1) is 19.8. The van der Waals surface area contributed by atoms with Crippen molar-refractivity contribution in [2.24, 2.45) is 0 Å². The van der Waals surface area contributed by atoms with E-state index in [-0.39, 0.29) is 11.6 Å². The predicted molar refractivity (Wildman–Crippen MR) is 89.7 cm³/mol. The number of esters is 1. The molecule has 0 aromatic heterocycles. The van der Waals surface area contributed by atoms with Crippen molar-refractivity contribution in [1.82, 2.24) is 5.32 Å². The number of halogens is 4. The second-order valence-corrected chi connectivity index (χ2v) is 5.93. The molecule has 0 radical (unpaired) electrons. The maximum absolute atomic E-state index is 12.7. The third-order valence-corrected chi connectivity index (χ3v) is 3.76. The summed E-state index contributed by atoms with van der Waals surface area (Å²) in [5.74, 6) is -1.59.